The lowest BCUT2D eigenvalue weighted by atomic mass is 9.94. The van der Waals surface area contributed by atoms with Crippen molar-refractivity contribution in [3.63, 3.8) is 0 Å². The molecule has 1 atom stereocenters. The van der Waals surface area contributed by atoms with Crippen LogP contribution < -0.4 is 10.6 Å². The first-order valence-electron chi connectivity index (χ1n) is 10.0. The molecule has 0 spiro atoms. The van der Waals surface area contributed by atoms with E-state index in [-0.39, 0.29) is 12.0 Å². The fraction of sp³-hybridized carbons (Fsp3) is 0.273. The molecule has 8 nitrogen and oxygen atoms in total. The van der Waals surface area contributed by atoms with Crippen molar-refractivity contribution in [2.24, 2.45) is 7.05 Å². The third-order valence-electron chi connectivity index (χ3n) is 5.15. The van der Waals surface area contributed by atoms with Crippen LogP contribution in [0.5, 0.6) is 0 Å². The molecule has 1 aliphatic rings. The Bertz CT molecular complexity index is 1190. The smallest absolute Gasteiger partial charge is 0.407 e. The summed E-state index contributed by atoms with van der Waals surface area (Å²) in [5.41, 5.74) is 3.27. The van der Waals surface area contributed by atoms with E-state index in [4.69, 9.17) is 4.74 Å². The van der Waals surface area contributed by atoms with E-state index in [1.807, 2.05) is 29.9 Å². The largest absolute Gasteiger partial charge is 0.446 e. The Morgan fingerprint density at radius 3 is 3.03 bits per heavy atom. The third-order valence-corrected chi connectivity index (χ3v) is 7.02. The second-order valence-electron chi connectivity index (χ2n) is 7.27. The molecule has 0 fully saturated rings. The number of nitrogens with zero attached hydrogens (tertiary/aromatic N) is 3. The lowest BCUT2D eigenvalue weighted by Crippen LogP contribution is -2.32. The molecule has 10 heteroatoms. The van der Waals surface area contributed by atoms with Crippen LogP contribution in [0.4, 0.5) is 9.80 Å². The highest BCUT2D eigenvalue weighted by atomic mass is 32.1. The van der Waals surface area contributed by atoms with E-state index in [1.54, 1.807) is 28.3 Å². The van der Waals surface area contributed by atoms with E-state index in [9.17, 15) is 14.9 Å². The van der Waals surface area contributed by atoms with E-state index in [1.165, 1.54) is 17.4 Å². The van der Waals surface area contributed by atoms with Gasteiger partial charge in [-0.3, -0.25) is 9.48 Å². The van der Waals surface area contributed by atoms with Gasteiger partial charge < -0.3 is 15.4 Å². The van der Waals surface area contributed by atoms with E-state index >= 15 is 0 Å². The predicted molar refractivity (Wildman–Crippen MR) is 123 cm³/mol. The molecule has 0 saturated heterocycles. The number of thiophene rings is 2. The van der Waals surface area contributed by atoms with Gasteiger partial charge in [0.1, 0.15) is 17.2 Å². The number of aryl methyl sites for hydroxylation is 1. The molecule has 2 amide bonds. The highest BCUT2D eigenvalue weighted by Gasteiger charge is 2.28. The fourth-order valence-electron chi connectivity index (χ4n) is 3.49. The average Bonchev–Trinajstić information content (AvgIpc) is 3.50. The summed E-state index contributed by atoms with van der Waals surface area (Å²) in [6.45, 7) is 0.333. The number of carbonyl (C=O) groups excluding carboxylic acids is 2. The van der Waals surface area contributed by atoms with Crippen molar-refractivity contribution in [1.29, 1.82) is 5.26 Å². The molecule has 0 aliphatic heterocycles. The van der Waals surface area contributed by atoms with Crippen LogP contribution >= 0.6 is 22.7 Å². The number of nitriles is 1. The summed E-state index contributed by atoms with van der Waals surface area (Å²) in [6.07, 6.45) is 5.87. The number of nitrogens with one attached hydrogen (secondary N) is 2. The van der Waals surface area contributed by atoms with Gasteiger partial charge >= 0.3 is 6.09 Å². The topological polar surface area (TPSA) is 109 Å². The minimum absolute atomic E-state index is 0.277. The van der Waals surface area contributed by atoms with Gasteiger partial charge in [-0.25, -0.2) is 4.79 Å². The summed E-state index contributed by atoms with van der Waals surface area (Å²) in [5, 5.41) is 23.7. The summed E-state index contributed by atoms with van der Waals surface area (Å²) in [6, 6.07) is 5.97. The minimum atomic E-state index is -0.483. The Hall–Kier alpha value is -3.42. The lowest BCUT2D eigenvalue weighted by molar-refractivity contribution is -0.111. The number of ether oxygens (including phenoxy) is 1. The maximum absolute atomic E-state index is 12.3. The number of anilines is 1. The molecule has 3 aromatic rings. The Kier molecular flexibility index (Phi) is 6.68. The van der Waals surface area contributed by atoms with Gasteiger partial charge in [-0.15, -0.1) is 11.3 Å². The van der Waals surface area contributed by atoms with Gasteiger partial charge in [-0.05, 0) is 52.9 Å². The van der Waals surface area contributed by atoms with Crippen LogP contribution in [0.1, 0.15) is 33.7 Å². The molecule has 4 rings (SSSR count). The van der Waals surface area contributed by atoms with Crippen molar-refractivity contribution in [3.8, 4) is 6.07 Å². The van der Waals surface area contributed by atoms with Crippen molar-refractivity contribution in [2.45, 2.75) is 31.9 Å². The predicted octanol–water partition coefficient (Wildman–Crippen LogP) is 3.85. The van der Waals surface area contributed by atoms with Crippen molar-refractivity contribution in [2.75, 3.05) is 5.32 Å². The zero-order valence-corrected chi connectivity index (χ0v) is 19.0. The summed E-state index contributed by atoms with van der Waals surface area (Å²) >= 11 is 2.93. The van der Waals surface area contributed by atoms with E-state index in [0.29, 0.717) is 36.4 Å². The maximum Gasteiger partial charge on any atom is 0.407 e. The average molecular weight is 468 g/mol. The van der Waals surface area contributed by atoms with Crippen LogP contribution in [-0.2, 0) is 36.0 Å². The van der Waals surface area contributed by atoms with Gasteiger partial charge in [0.2, 0.25) is 5.91 Å². The standard InChI is InChI=1S/C22H21N5O3S2/c1-27-15(6-8-25-27)12-24-22(29)30-16-3-4-17-18(11-23)21(32-19(17)10-16)26-20(28)5-2-14-7-9-31-13-14/h2,5-9,13,16H,3-4,10,12H2,1H3,(H,24,29)(H,26,28)/b5-2+. The molecule has 2 N–H and O–H groups in total. The van der Waals surface area contributed by atoms with Crippen molar-refractivity contribution >= 4 is 45.8 Å². The molecule has 32 heavy (non-hydrogen) atoms. The van der Waals surface area contributed by atoms with Crippen molar-refractivity contribution in [3.05, 3.63) is 62.4 Å². The molecule has 1 unspecified atom stereocenters. The molecule has 1 aliphatic carbocycles. The van der Waals surface area contributed by atoms with Crippen LogP contribution in [0, 0.1) is 11.3 Å². The zero-order valence-electron chi connectivity index (χ0n) is 17.3. The Morgan fingerprint density at radius 1 is 1.44 bits per heavy atom. The first-order chi connectivity index (χ1) is 15.5. The summed E-state index contributed by atoms with van der Waals surface area (Å²) < 4.78 is 7.26. The SMILES string of the molecule is Cn1nccc1CNC(=O)OC1CCc2c(sc(NC(=O)/C=C/c3ccsc3)c2C#N)C1. The third kappa shape index (κ3) is 5.07. The molecule has 0 radical (unpaired) electrons. The van der Waals surface area contributed by atoms with Crippen LogP contribution in [0.15, 0.2) is 35.2 Å². The normalized spacial score (nSPS) is 15.2. The molecular formula is C22H21N5O3S2. The van der Waals surface area contributed by atoms with Gasteiger partial charge in [-0.2, -0.15) is 21.7 Å². The molecule has 3 aromatic heterocycles. The Morgan fingerprint density at radius 2 is 2.31 bits per heavy atom. The number of aromatic nitrogens is 2. The highest BCUT2D eigenvalue weighted by molar-refractivity contribution is 7.16. The fourth-order valence-corrected chi connectivity index (χ4v) is 5.38. The number of alkyl carbamates (subject to hydrolysis) is 1. The van der Waals surface area contributed by atoms with Gasteiger partial charge in [0.15, 0.2) is 0 Å². The first-order valence-corrected chi connectivity index (χ1v) is 11.8. The minimum Gasteiger partial charge on any atom is -0.446 e. The summed E-state index contributed by atoms with van der Waals surface area (Å²) in [4.78, 5) is 25.5. The number of hydrogen-bond donors (Lipinski definition) is 2. The summed E-state index contributed by atoms with van der Waals surface area (Å²) in [7, 11) is 1.81. The van der Waals surface area contributed by atoms with E-state index in [2.05, 4.69) is 21.8 Å². The van der Waals surface area contributed by atoms with Crippen LogP contribution in [0.3, 0.4) is 0 Å². The molecule has 0 saturated carbocycles. The van der Waals surface area contributed by atoms with Crippen molar-refractivity contribution < 1.29 is 14.3 Å². The number of hydrogen-bond acceptors (Lipinski definition) is 7. The molecule has 164 valence electrons. The van der Waals surface area contributed by atoms with Crippen LogP contribution in [0.25, 0.3) is 6.08 Å². The second kappa shape index (κ2) is 9.80. The quantitative estimate of drug-likeness (QED) is 0.535. The number of carbonyl (C=O) groups is 2. The molecule has 0 aromatic carbocycles. The molecule has 0 bridgehead atoms. The van der Waals surface area contributed by atoms with Gasteiger partial charge in [0, 0.05) is 30.6 Å². The molecule has 3 heterocycles. The number of fused-ring (bicyclic) bond motifs is 1. The van der Waals surface area contributed by atoms with Crippen molar-refractivity contribution in [1.82, 2.24) is 15.1 Å². The number of rotatable bonds is 6. The second-order valence-corrected chi connectivity index (χ2v) is 9.15. The van der Waals surface area contributed by atoms with Gasteiger partial charge in [0.05, 0.1) is 17.8 Å². The van der Waals surface area contributed by atoms with Gasteiger partial charge in [0.25, 0.3) is 0 Å². The highest BCUT2D eigenvalue weighted by Crippen LogP contribution is 2.38. The Labute approximate surface area is 193 Å². The van der Waals surface area contributed by atoms with Crippen LogP contribution in [0.2, 0.25) is 0 Å². The summed E-state index contributed by atoms with van der Waals surface area (Å²) in [5.74, 6) is -0.284. The van der Waals surface area contributed by atoms with Gasteiger partial charge in [-0.1, -0.05) is 0 Å². The van der Waals surface area contributed by atoms with Crippen LogP contribution in [-0.4, -0.2) is 27.9 Å². The molecular weight excluding hydrogens is 446 g/mol. The monoisotopic (exact) mass is 467 g/mol. The maximum atomic E-state index is 12.3. The zero-order chi connectivity index (χ0) is 22.5. The number of amides is 2. The lowest BCUT2D eigenvalue weighted by Gasteiger charge is -2.22. The van der Waals surface area contributed by atoms with E-state index in [0.717, 1.165) is 21.7 Å². The Balaban J connectivity index is 1.36. The van der Waals surface area contributed by atoms with E-state index < -0.39 is 6.09 Å². The first kappa shape index (κ1) is 21.8.